The van der Waals surface area contributed by atoms with Crippen molar-refractivity contribution in [3.8, 4) is 5.88 Å². The largest absolute Gasteiger partial charge is 0.475 e. The van der Waals surface area contributed by atoms with Crippen LogP contribution in [0.5, 0.6) is 5.88 Å². The van der Waals surface area contributed by atoms with Gasteiger partial charge in [0.25, 0.3) is 0 Å². The number of methoxy groups -OCH3 is 1. The van der Waals surface area contributed by atoms with E-state index in [4.69, 9.17) is 19.4 Å². The molecule has 0 saturated heterocycles. The van der Waals surface area contributed by atoms with Gasteiger partial charge in [-0.2, -0.15) is 0 Å². The molecule has 0 bridgehead atoms. The van der Waals surface area contributed by atoms with E-state index in [1.807, 2.05) is 5.48 Å². The number of hydroxylamine groups is 1. The second-order valence-corrected chi connectivity index (χ2v) is 3.20. The van der Waals surface area contributed by atoms with Crippen LogP contribution in [0.3, 0.4) is 0 Å². The third-order valence-electron chi connectivity index (χ3n) is 1.90. The lowest BCUT2D eigenvalue weighted by Gasteiger charge is -2.06. The Morgan fingerprint density at radius 1 is 1.33 bits per heavy atom. The van der Waals surface area contributed by atoms with Gasteiger partial charge in [0.15, 0.2) is 0 Å². The molecular weight excluding hydrogens is 238 g/mol. The number of nitrogens with one attached hydrogen (secondary N) is 1. The van der Waals surface area contributed by atoms with Gasteiger partial charge in [0.05, 0.1) is 31.7 Å². The second kappa shape index (κ2) is 9.34. The molecule has 0 radical (unpaired) electrons. The first-order chi connectivity index (χ1) is 8.86. The van der Waals surface area contributed by atoms with E-state index in [2.05, 4.69) is 9.98 Å². The van der Waals surface area contributed by atoms with E-state index in [9.17, 15) is 0 Å². The fourth-order valence-electron chi connectivity index (χ4n) is 1.09. The monoisotopic (exact) mass is 255 g/mol. The predicted octanol–water partition coefficient (Wildman–Crippen LogP) is 0.762. The molecule has 0 unspecified atom stereocenters. The van der Waals surface area contributed by atoms with Crippen molar-refractivity contribution in [1.29, 1.82) is 0 Å². The van der Waals surface area contributed by atoms with Crippen molar-refractivity contribution in [1.82, 2.24) is 10.5 Å². The van der Waals surface area contributed by atoms with Gasteiger partial charge in [-0.1, -0.05) is 0 Å². The van der Waals surface area contributed by atoms with E-state index in [1.54, 1.807) is 19.2 Å². The van der Waals surface area contributed by atoms with Gasteiger partial charge in [0.2, 0.25) is 5.88 Å². The Kier molecular flexibility index (Phi) is 7.45. The first kappa shape index (κ1) is 14.4. The van der Waals surface area contributed by atoms with Crippen LogP contribution in [0.4, 0.5) is 5.69 Å². The van der Waals surface area contributed by atoms with Crippen LogP contribution in [0.2, 0.25) is 0 Å². The Labute approximate surface area is 105 Å². The molecule has 0 atom stereocenters. The van der Waals surface area contributed by atoms with E-state index < -0.39 is 0 Å². The lowest BCUT2D eigenvalue weighted by molar-refractivity contribution is 0.0537. The molecule has 0 aliphatic carbocycles. The van der Waals surface area contributed by atoms with E-state index in [1.165, 1.54) is 6.20 Å². The minimum absolute atomic E-state index is 0.428. The molecule has 0 spiro atoms. The van der Waals surface area contributed by atoms with Crippen molar-refractivity contribution >= 4 is 12.0 Å². The molecule has 7 heteroatoms. The zero-order valence-corrected chi connectivity index (χ0v) is 10.2. The van der Waals surface area contributed by atoms with Gasteiger partial charge in [0.1, 0.15) is 12.9 Å². The van der Waals surface area contributed by atoms with Crippen LogP contribution in [-0.2, 0) is 9.47 Å². The molecule has 0 amide bonds. The number of hydrogen-bond donors (Lipinski definition) is 2. The summed E-state index contributed by atoms with van der Waals surface area (Å²) in [4.78, 5) is 7.89. The minimum atomic E-state index is 0.428. The molecule has 0 aromatic carbocycles. The van der Waals surface area contributed by atoms with Crippen LogP contribution < -0.4 is 10.2 Å². The lowest BCUT2D eigenvalue weighted by atomic mass is 10.4. The van der Waals surface area contributed by atoms with Crippen LogP contribution >= 0.6 is 0 Å². The number of hydrogen-bond acceptors (Lipinski definition) is 6. The Balaban J connectivity index is 2.20. The summed E-state index contributed by atoms with van der Waals surface area (Å²) in [5, 5.41) is 8.32. The molecule has 0 aliphatic heterocycles. The highest BCUT2D eigenvalue weighted by molar-refractivity contribution is 5.59. The van der Waals surface area contributed by atoms with Crippen LogP contribution in [0, 0.1) is 0 Å². The maximum absolute atomic E-state index is 8.32. The van der Waals surface area contributed by atoms with Crippen molar-refractivity contribution in [3.05, 3.63) is 18.3 Å². The highest BCUT2D eigenvalue weighted by atomic mass is 16.5. The number of rotatable bonds is 9. The van der Waals surface area contributed by atoms with Gasteiger partial charge in [-0.25, -0.2) is 9.98 Å². The summed E-state index contributed by atoms with van der Waals surface area (Å²) in [5.74, 6) is 0.501. The molecule has 7 nitrogen and oxygen atoms in total. The fraction of sp³-hybridized carbons (Fsp3) is 0.455. The van der Waals surface area contributed by atoms with E-state index in [0.717, 1.165) is 6.34 Å². The first-order valence-corrected chi connectivity index (χ1v) is 5.44. The summed E-state index contributed by atoms with van der Waals surface area (Å²) in [7, 11) is 1.63. The molecular formula is C11H17N3O4. The Morgan fingerprint density at radius 3 is 2.83 bits per heavy atom. The summed E-state index contributed by atoms with van der Waals surface area (Å²) in [6.07, 6.45) is 2.69. The van der Waals surface area contributed by atoms with Crippen LogP contribution in [0.25, 0.3) is 0 Å². The molecule has 1 aromatic heterocycles. The SMILES string of the molecule is COCCOCCOc1ccc(N=CNO)cn1. The summed E-state index contributed by atoms with van der Waals surface area (Å²) in [5.41, 5.74) is 2.42. The Bertz CT molecular complexity index is 343. The number of nitrogens with zero attached hydrogens (tertiary/aromatic N) is 2. The molecule has 18 heavy (non-hydrogen) atoms. The predicted molar refractivity (Wildman–Crippen MR) is 65.5 cm³/mol. The maximum Gasteiger partial charge on any atom is 0.213 e. The maximum atomic E-state index is 8.32. The normalized spacial score (nSPS) is 10.8. The van der Waals surface area contributed by atoms with Gasteiger partial charge in [-0.3, -0.25) is 10.7 Å². The number of ether oxygens (including phenoxy) is 3. The highest BCUT2D eigenvalue weighted by Gasteiger charge is 1.96. The van der Waals surface area contributed by atoms with Gasteiger partial charge in [0, 0.05) is 13.2 Å². The van der Waals surface area contributed by atoms with Gasteiger partial charge in [-0.05, 0) is 6.07 Å². The van der Waals surface area contributed by atoms with Crippen molar-refractivity contribution in [2.45, 2.75) is 0 Å². The Hall–Kier alpha value is -1.70. The number of pyridine rings is 1. The zero-order chi connectivity index (χ0) is 13.1. The standard InChI is InChI=1S/C11H17N3O4/c1-16-4-5-17-6-7-18-11-3-2-10(8-12-11)13-9-14-15/h2-3,8-9,15H,4-7H2,1H3,(H,13,14). The van der Waals surface area contributed by atoms with Crippen molar-refractivity contribution < 1.29 is 19.4 Å². The van der Waals surface area contributed by atoms with E-state index in [0.29, 0.717) is 38.0 Å². The molecule has 100 valence electrons. The summed E-state index contributed by atoms with van der Waals surface area (Å²) in [6.45, 7) is 2.04. The summed E-state index contributed by atoms with van der Waals surface area (Å²) >= 11 is 0. The van der Waals surface area contributed by atoms with Gasteiger partial charge >= 0.3 is 0 Å². The average Bonchev–Trinajstić information content (AvgIpc) is 2.42. The number of aromatic nitrogens is 1. The molecule has 1 aromatic rings. The van der Waals surface area contributed by atoms with E-state index in [-0.39, 0.29) is 0 Å². The lowest BCUT2D eigenvalue weighted by Crippen LogP contribution is -2.10. The van der Waals surface area contributed by atoms with Crippen LogP contribution in [0.15, 0.2) is 23.3 Å². The van der Waals surface area contributed by atoms with E-state index >= 15 is 0 Å². The molecule has 1 rings (SSSR count). The molecule has 0 saturated carbocycles. The molecule has 0 fully saturated rings. The summed E-state index contributed by atoms with van der Waals surface area (Å²) in [6, 6.07) is 3.42. The fourth-order valence-corrected chi connectivity index (χ4v) is 1.09. The zero-order valence-electron chi connectivity index (χ0n) is 10.2. The highest BCUT2D eigenvalue weighted by Crippen LogP contribution is 2.13. The van der Waals surface area contributed by atoms with Crippen molar-refractivity contribution in [2.75, 3.05) is 33.5 Å². The second-order valence-electron chi connectivity index (χ2n) is 3.20. The Morgan fingerprint density at radius 2 is 2.17 bits per heavy atom. The topological polar surface area (TPSA) is 85.2 Å². The van der Waals surface area contributed by atoms with Gasteiger partial charge < -0.3 is 14.2 Å². The van der Waals surface area contributed by atoms with Crippen molar-refractivity contribution in [2.24, 2.45) is 4.99 Å². The average molecular weight is 255 g/mol. The smallest absolute Gasteiger partial charge is 0.213 e. The third-order valence-corrected chi connectivity index (χ3v) is 1.90. The van der Waals surface area contributed by atoms with Crippen molar-refractivity contribution in [3.63, 3.8) is 0 Å². The summed E-state index contributed by atoms with van der Waals surface area (Å²) < 4.78 is 15.4. The third kappa shape index (κ3) is 6.14. The number of aliphatic imine (C=N–C) groups is 1. The van der Waals surface area contributed by atoms with Gasteiger partial charge in [-0.15, -0.1) is 0 Å². The minimum Gasteiger partial charge on any atom is -0.475 e. The van der Waals surface area contributed by atoms with Crippen LogP contribution in [0.1, 0.15) is 0 Å². The molecule has 1 heterocycles. The quantitative estimate of drug-likeness (QED) is 0.293. The molecule has 0 aliphatic rings. The molecule has 2 N–H and O–H groups in total. The first-order valence-electron chi connectivity index (χ1n) is 5.44. The van der Waals surface area contributed by atoms with Crippen LogP contribution in [-0.4, -0.2) is 50.1 Å².